The Morgan fingerprint density at radius 2 is 2.10 bits per heavy atom. The molecule has 0 saturated carbocycles. The van der Waals surface area contributed by atoms with Crippen LogP contribution in [0.5, 0.6) is 0 Å². The van der Waals surface area contributed by atoms with Crippen LogP contribution < -0.4 is 5.56 Å². The van der Waals surface area contributed by atoms with Crippen LogP contribution >= 0.6 is 0 Å². The van der Waals surface area contributed by atoms with E-state index in [2.05, 4.69) is 9.97 Å². The van der Waals surface area contributed by atoms with E-state index in [-0.39, 0.29) is 11.1 Å². The number of hydrogen-bond donors (Lipinski definition) is 1. The molecule has 0 aliphatic carbocycles. The molecule has 20 heavy (non-hydrogen) atoms. The van der Waals surface area contributed by atoms with Crippen molar-refractivity contribution in [2.75, 3.05) is 7.11 Å². The second-order valence-corrected chi connectivity index (χ2v) is 4.55. The fourth-order valence-electron chi connectivity index (χ4n) is 2.27. The normalized spacial score (nSPS) is 10.9. The number of nitrogens with zero attached hydrogens (tertiary/aromatic N) is 1. The average Bonchev–Trinajstić information content (AvgIpc) is 2.46. The molecule has 1 aromatic carbocycles. The van der Waals surface area contributed by atoms with Crippen LogP contribution in [0, 0.1) is 6.92 Å². The highest BCUT2D eigenvalue weighted by molar-refractivity contribution is 6.05. The van der Waals surface area contributed by atoms with Crippen molar-refractivity contribution in [1.29, 1.82) is 0 Å². The molecule has 0 fully saturated rings. The molecule has 0 spiro atoms. The molecule has 1 N–H and O–H groups in total. The Morgan fingerprint density at radius 1 is 1.30 bits per heavy atom. The van der Waals surface area contributed by atoms with Crippen molar-refractivity contribution in [2.45, 2.75) is 6.92 Å². The van der Waals surface area contributed by atoms with Crippen LogP contribution in [0.15, 0.2) is 35.3 Å². The number of fused-ring (bicyclic) bond motifs is 2. The summed E-state index contributed by atoms with van der Waals surface area (Å²) in [6, 6.07) is 7.48. The van der Waals surface area contributed by atoms with Crippen LogP contribution in [0.3, 0.4) is 0 Å². The molecule has 100 valence electrons. The fraction of sp³-hybridized carbons (Fsp3) is 0.133. The van der Waals surface area contributed by atoms with Gasteiger partial charge in [0.2, 0.25) is 0 Å². The molecule has 0 unspecified atom stereocenters. The first-order chi connectivity index (χ1) is 9.61. The number of pyridine rings is 2. The van der Waals surface area contributed by atoms with E-state index >= 15 is 0 Å². The van der Waals surface area contributed by atoms with E-state index in [1.165, 1.54) is 13.3 Å². The van der Waals surface area contributed by atoms with Crippen LogP contribution in [-0.2, 0) is 4.74 Å². The number of H-pyrrole nitrogens is 1. The first-order valence-corrected chi connectivity index (χ1v) is 6.12. The van der Waals surface area contributed by atoms with Gasteiger partial charge in [0.05, 0.1) is 23.5 Å². The van der Waals surface area contributed by atoms with Gasteiger partial charge in [-0.3, -0.25) is 4.79 Å². The number of para-hydroxylation sites is 1. The molecule has 5 heteroatoms. The Bertz CT molecular complexity index is 897. The van der Waals surface area contributed by atoms with Crippen LogP contribution in [-0.4, -0.2) is 23.0 Å². The predicted molar refractivity (Wildman–Crippen MR) is 75.9 cm³/mol. The first kappa shape index (κ1) is 12.3. The van der Waals surface area contributed by atoms with Crippen LogP contribution in [0.2, 0.25) is 0 Å². The quantitative estimate of drug-likeness (QED) is 0.542. The zero-order valence-corrected chi connectivity index (χ0v) is 11.1. The maximum Gasteiger partial charge on any atom is 0.341 e. The summed E-state index contributed by atoms with van der Waals surface area (Å²) in [7, 11) is 1.30. The molecule has 2 heterocycles. The lowest BCUT2D eigenvalue weighted by molar-refractivity contribution is 0.0602. The summed E-state index contributed by atoms with van der Waals surface area (Å²) in [6.45, 7) is 1.94. The molecule has 3 rings (SSSR count). The van der Waals surface area contributed by atoms with Crippen molar-refractivity contribution in [3.05, 3.63) is 51.9 Å². The number of esters is 1. The standard InChI is InChI=1S/C15H12N2O3/c1-8-4-3-5-9-6-10-13(17-12(8)9)11(15(19)20-2)7-16-14(10)18/h3-7H,1-2H3,(H,16,18). The van der Waals surface area contributed by atoms with Crippen LogP contribution in [0.4, 0.5) is 0 Å². The van der Waals surface area contributed by atoms with Gasteiger partial charge in [0.15, 0.2) is 0 Å². The number of aryl methyl sites for hydroxylation is 1. The van der Waals surface area contributed by atoms with Gasteiger partial charge >= 0.3 is 5.97 Å². The molecule has 3 aromatic rings. The van der Waals surface area contributed by atoms with Crippen molar-refractivity contribution in [1.82, 2.24) is 9.97 Å². The predicted octanol–water partition coefficient (Wildman–Crippen LogP) is 2.17. The third-order valence-corrected chi connectivity index (χ3v) is 3.30. The van der Waals surface area contributed by atoms with Crippen molar-refractivity contribution < 1.29 is 9.53 Å². The van der Waals surface area contributed by atoms with E-state index in [1.54, 1.807) is 6.07 Å². The highest BCUT2D eigenvalue weighted by Crippen LogP contribution is 2.22. The largest absolute Gasteiger partial charge is 0.465 e. The molecule has 0 radical (unpaired) electrons. The van der Waals surface area contributed by atoms with Gasteiger partial charge in [-0.2, -0.15) is 0 Å². The van der Waals surface area contributed by atoms with Gasteiger partial charge in [0.1, 0.15) is 5.56 Å². The van der Waals surface area contributed by atoms with E-state index in [4.69, 9.17) is 4.74 Å². The maximum atomic E-state index is 11.9. The van der Waals surface area contributed by atoms with Crippen molar-refractivity contribution in [2.24, 2.45) is 0 Å². The molecule has 0 bridgehead atoms. The summed E-state index contributed by atoms with van der Waals surface area (Å²) >= 11 is 0. The lowest BCUT2D eigenvalue weighted by Gasteiger charge is -2.06. The number of aromatic amines is 1. The summed E-state index contributed by atoms with van der Waals surface area (Å²) in [4.78, 5) is 30.7. The topological polar surface area (TPSA) is 72.1 Å². The number of rotatable bonds is 1. The summed E-state index contributed by atoms with van der Waals surface area (Å²) in [5, 5.41) is 1.25. The van der Waals surface area contributed by atoms with Gasteiger partial charge in [0.25, 0.3) is 5.56 Å². The number of ether oxygens (including phenoxy) is 1. The average molecular weight is 268 g/mol. The zero-order chi connectivity index (χ0) is 14.3. The number of nitrogens with one attached hydrogen (secondary N) is 1. The highest BCUT2D eigenvalue weighted by atomic mass is 16.5. The zero-order valence-electron chi connectivity index (χ0n) is 11.1. The highest BCUT2D eigenvalue weighted by Gasteiger charge is 2.15. The Labute approximate surface area is 114 Å². The summed E-state index contributed by atoms with van der Waals surface area (Å²) < 4.78 is 4.73. The van der Waals surface area contributed by atoms with Gasteiger partial charge in [-0.05, 0) is 18.6 Å². The molecular formula is C15H12N2O3. The number of hydrogen-bond acceptors (Lipinski definition) is 4. The summed E-state index contributed by atoms with van der Waals surface area (Å²) in [6.07, 6.45) is 1.34. The number of benzene rings is 1. The molecule has 5 nitrogen and oxygen atoms in total. The maximum absolute atomic E-state index is 11.9. The molecule has 0 aliphatic rings. The second kappa shape index (κ2) is 4.45. The minimum Gasteiger partial charge on any atom is -0.465 e. The van der Waals surface area contributed by atoms with Crippen LogP contribution in [0.1, 0.15) is 15.9 Å². The van der Waals surface area contributed by atoms with E-state index in [9.17, 15) is 9.59 Å². The Kier molecular flexibility index (Phi) is 2.75. The SMILES string of the molecule is COC(=O)c1c[nH]c(=O)c2cc3cccc(C)c3nc12. The van der Waals surface area contributed by atoms with E-state index in [0.29, 0.717) is 10.9 Å². The third-order valence-electron chi connectivity index (χ3n) is 3.30. The number of aromatic nitrogens is 2. The lowest BCUT2D eigenvalue weighted by Crippen LogP contribution is -2.12. The molecule has 2 aromatic heterocycles. The molecule has 0 aliphatic heterocycles. The lowest BCUT2D eigenvalue weighted by atomic mass is 10.1. The Hall–Kier alpha value is -2.69. The minimum absolute atomic E-state index is 0.257. The first-order valence-electron chi connectivity index (χ1n) is 6.12. The smallest absolute Gasteiger partial charge is 0.341 e. The van der Waals surface area contributed by atoms with E-state index < -0.39 is 5.97 Å². The molecule has 0 saturated heterocycles. The number of carbonyl (C=O) groups excluding carboxylic acids is 1. The molecule has 0 atom stereocenters. The van der Waals surface area contributed by atoms with Gasteiger partial charge < -0.3 is 9.72 Å². The molecule has 0 amide bonds. The Balaban J connectivity index is 2.51. The van der Waals surface area contributed by atoms with Crippen molar-refractivity contribution in [3.63, 3.8) is 0 Å². The van der Waals surface area contributed by atoms with Gasteiger partial charge in [0, 0.05) is 11.6 Å². The minimum atomic E-state index is -0.522. The third kappa shape index (κ3) is 1.75. The summed E-state index contributed by atoms with van der Waals surface area (Å²) in [5.41, 5.74) is 2.11. The van der Waals surface area contributed by atoms with E-state index in [0.717, 1.165) is 16.5 Å². The summed E-state index contributed by atoms with van der Waals surface area (Å²) in [5.74, 6) is -0.522. The second-order valence-electron chi connectivity index (χ2n) is 4.55. The molecular weight excluding hydrogens is 256 g/mol. The van der Waals surface area contributed by atoms with Gasteiger partial charge in [-0.15, -0.1) is 0 Å². The van der Waals surface area contributed by atoms with Gasteiger partial charge in [-0.1, -0.05) is 18.2 Å². The monoisotopic (exact) mass is 268 g/mol. The number of carbonyl (C=O) groups is 1. The van der Waals surface area contributed by atoms with Crippen molar-refractivity contribution >= 4 is 27.8 Å². The van der Waals surface area contributed by atoms with Gasteiger partial charge in [-0.25, -0.2) is 9.78 Å². The fourth-order valence-corrected chi connectivity index (χ4v) is 2.27. The Morgan fingerprint density at radius 3 is 2.85 bits per heavy atom. The number of methoxy groups -OCH3 is 1. The van der Waals surface area contributed by atoms with Crippen molar-refractivity contribution in [3.8, 4) is 0 Å². The van der Waals surface area contributed by atoms with Crippen LogP contribution in [0.25, 0.3) is 21.8 Å². The van der Waals surface area contributed by atoms with E-state index in [1.807, 2.05) is 25.1 Å².